The average Bonchev–Trinajstić information content (AvgIpc) is 2.04. The topological polar surface area (TPSA) is 76.2 Å². The van der Waals surface area contributed by atoms with Crippen LogP contribution in [0, 0.1) is 0 Å². The number of nitrogens with two attached hydrogens (primary N) is 1. The molecule has 13 heavy (non-hydrogen) atoms. The zero-order valence-corrected chi connectivity index (χ0v) is 7.61. The third-order valence-electron chi connectivity index (χ3n) is 1.97. The molecule has 0 radical (unpaired) electrons. The number of nitrogen functional groups attached to an aromatic ring is 1. The summed E-state index contributed by atoms with van der Waals surface area (Å²) in [6.45, 7) is 3.15. The lowest BCUT2D eigenvalue weighted by Gasteiger charge is -2.19. The van der Waals surface area contributed by atoms with E-state index in [2.05, 4.69) is 4.98 Å². The van der Waals surface area contributed by atoms with Crippen LogP contribution in [0.4, 0.5) is 5.69 Å². The molecule has 4 heteroatoms. The van der Waals surface area contributed by atoms with E-state index in [0.29, 0.717) is 11.4 Å². The molecular weight excluding hydrogens is 168 g/mol. The maximum atomic E-state index is 10.9. The molecule has 0 atom stereocenters. The highest BCUT2D eigenvalue weighted by atomic mass is 16.4. The minimum atomic E-state index is -1.04. The number of rotatable bonds is 2. The van der Waals surface area contributed by atoms with E-state index in [9.17, 15) is 4.79 Å². The number of aliphatic carboxylic acids is 1. The van der Waals surface area contributed by atoms with Crippen LogP contribution >= 0.6 is 0 Å². The molecule has 0 unspecified atom stereocenters. The van der Waals surface area contributed by atoms with Gasteiger partial charge in [-0.05, 0) is 26.0 Å². The van der Waals surface area contributed by atoms with E-state index in [1.54, 1.807) is 26.0 Å². The molecule has 0 aliphatic heterocycles. The number of nitrogens with zero attached hydrogens (tertiary/aromatic N) is 1. The predicted octanol–water partition coefficient (Wildman–Crippen LogP) is 1.03. The average molecular weight is 180 g/mol. The van der Waals surface area contributed by atoms with Crippen molar-refractivity contribution in [3.05, 3.63) is 24.0 Å². The Kier molecular flexibility index (Phi) is 2.23. The van der Waals surface area contributed by atoms with E-state index in [-0.39, 0.29) is 0 Å². The van der Waals surface area contributed by atoms with Crippen molar-refractivity contribution in [2.24, 2.45) is 0 Å². The van der Waals surface area contributed by atoms with Gasteiger partial charge in [-0.15, -0.1) is 0 Å². The Morgan fingerprint density at radius 1 is 1.62 bits per heavy atom. The fourth-order valence-electron chi connectivity index (χ4n) is 1.04. The highest BCUT2D eigenvalue weighted by molar-refractivity contribution is 5.81. The molecule has 0 aliphatic rings. The lowest BCUT2D eigenvalue weighted by Crippen LogP contribution is -2.30. The lowest BCUT2D eigenvalue weighted by atomic mass is 9.88. The van der Waals surface area contributed by atoms with Gasteiger partial charge in [0.25, 0.3) is 0 Å². The molecule has 1 aromatic heterocycles. The van der Waals surface area contributed by atoms with Gasteiger partial charge in [0.2, 0.25) is 0 Å². The third-order valence-corrected chi connectivity index (χ3v) is 1.97. The molecule has 1 aromatic rings. The van der Waals surface area contributed by atoms with E-state index >= 15 is 0 Å². The van der Waals surface area contributed by atoms with E-state index in [1.165, 1.54) is 6.20 Å². The first kappa shape index (κ1) is 9.51. The molecule has 70 valence electrons. The summed E-state index contributed by atoms with van der Waals surface area (Å²) in [5.74, 6) is -0.932. The molecule has 0 aliphatic carbocycles. The van der Waals surface area contributed by atoms with Crippen LogP contribution in [0.2, 0.25) is 0 Å². The van der Waals surface area contributed by atoms with Gasteiger partial charge in [-0.1, -0.05) is 0 Å². The first-order valence-corrected chi connectivity index (χ1v) is 3.90. The Labute approximate surface area is 76.4 Å². The predicted molar refractivity (Wildman–Crippen MR) is 49.3 cm³/mol. The zero-order valence-electron chi connectivity index (χ0n) is 7.61. The SMILES string of the molecule is CC(C)(C(=O)O)c1ncccc1N. The molecule has 0 fully saturated rings. The summed E-state index contributed by atoms with van der Waals surface area (Å²) < 4.78 is 0. The number of anilines is 1. The molecule has 3 N–H and O–H groups in total. The molecule has 1 rings (SSSR count). The summed E-state index contributed by atoms with van der Waals surface area (Å²) >= 11 is 0. The summed E-state index contributed by atoms with van der Waals surface area (Å²) in [4.78, 5) is 14.8. The van der Waals surface area contributed by atoms with Gasteiger partial charge in [0.15, 0.2) is 0 Å². The molecular formula is C9H12N2O2. The largest absolute Gasteiger partial charge is 0.481 e. The summed E-state index contributed by atoms with van der Waals surface area (Å²) in [6.07, 6.45) is 1.54. The van der Waals surface area contributed by atoms with Crippen LogP contribution in [0.25, 0.3) is 0 Å². The highest BCUT2D eigenvalue weighted by Gasteiger charge is 2.32. The molecule has 0 bridgehead atoms. The summed E-state index contributed by atoms with van der Waals surface area (Å²) in [6, 6.07) is 3.32. The van der Waals surface area contributed by atoms with E-state index in [1.807, 2.05) is 0 Å². The van der Waals surface area contributed by atoms with Gasteiger partial charge < -0.3 is 10.8 Å². The van der Waals surface area contributed by atoms with Gasteiger partial charge >= 0.3 is 5.97 Å². The van der Waals surface area contributed by atoms with Gasteiger partial charge in [-0.3, -0.25) is 9.78 Å². The standard InChI is InChI=1S/C9H12N2O2/c1-9(2,8(12)13)7-6(10)4-3-5-11-7/h3-5H,10H2,1-2H3,(H,12,13). The van der Waals surface area contributed by atoms with E-state index in [0.717, 1.165) is 0 Å². The Balaban J connectivity index is 3.22. The van der Waals surface area contributed by atoms with Crippen molar-refractivity contribution in [2.75, 3.05) is 5.73 Å². The van der Waals surface area contributed by atoms with E-state index in [4.69, 9.17) is 10.8 Å². The van der Waals surface area contributed by atoms with Crippen molar-refractivity contribution in [1.29, 1.82) is 0 Å². The summed E-state index contributed by atoms with van der Waals surface area (Å²) in [7, 11) is 0. The van der Waals surface area contributed by atoms with Crippen LogP contribution in [0.15, 0.2) is 18.3 Å². The lowest BCUT2D eigenvalue weighted by molar-refractivity contribution is -0.142. The van der Waals surface area contributed by atoms with Crippen LogP contribution in [-0.2, 0) is 10.2 Å². The number of hydrogen-bond acceptors (Lipinski definition) is 3. The first-order valence-electron chi connectivity index (χ1n) is 3.90. The smallest absolute Gasteiger partial charge is 0.315 e. The minimum absolute atomic E-state index is 0.405. The first-order chi connectivity index (χ1) is 5.96. The van der Waals surface area contributed by atoms with Gasteiger partial charge in [0.05, 0.1) is 11.4 Å². The number of pyridine rings is 1. The second-order valence-electron chi connectivity index (χ2n) is 3.37. The van der Waals surface area contributed by atoms with Crippen LogP contribution < -0.4 is 5.73 Å². The Morgan fingerprint density at radius 2 is 2.23 bits per heavy atom. The number of aromatic nitrogens is 1. The molecule has 0 amide bonds. The van der Waals surface area contributed by atoms with Crippen LogP contribution in [0.3, 0.4) is 0 Å². The molecule has 0 saturated carbocycles. The van der Waals surface area contributed by atoms with Crippen molar-refractivity contribution >= 4 is 11.7 Å². The van der Waals surface area contributed by atoms with Crippen molar-refractivity contribution < 1.29 is 9.90 Å². The Morgan fingerprint density at radius 3 is 2.69 bits per heavy atom. The molecule has 4 nitrogen and oxygen atoms in total. The quantitative estimate of drug-likeness (QED) is 0.712. The molecule has 0 spiro atoms. The molecule has 1 heterocycles. The normalized spacial score (nSPS) is 11.2. The number of carboxylic acids is 1. The fraction of sp³-hybridized carbons (Fsp3) is 0.333. The zero-order chi connectivity index (χ0) is 10.1. The summed E-state index contributed by atoms with van der Waals surface area (Å²) in [5.41, 5.74) is 5.40. The van der Waals surface area contributed by atoms with Crippen LogP contribution in [0.5, 0.6) is 0 Å². The minimum Gasteiger partial charge on any atom is -0.481 e. The van der Waals surface area contributed by atoms with Crippen molar-refractivity contribution in [2.45, 2.75) is 19.3 Å². The number of carbonyl (C=O) groups is 1. The fourth-order valence-corrected chi connectivity index (χ4v) is 1.04. The highest BCUT2D eigenvalue weighted by Crippen LogP contribution is 2.25. The maximum Gasteiger partial charge on any atom is 0.315 e. The summed E-state index contributed by atoms with van der Waals surface area (Å²) in [5, 5.41) is 8.92. The number of hydrogen-bond donors (Lipinski definition) is 2. The number of carboxylic acid groups (broad SMARTS) is 1. The monoisotopic (exact) mass is 180 g/mol. The van der Waals surface area contributed by atoms with E-state index < -0.39 is 11.4 Å². The van der Waals surface area contributed by atoms with Gasteiger partial charge in [0, 0.05) is 6.20 Å². The van der Waals surface area contributed by atoms with Crippen molar-refractivity contribution in [3.63, 3.8) is 0 Å². The third kappa shape index (κ3) is 1.61. The van der Waals surface area contributed by atoms with Crippen LogP contribution in [0.1, 0.15) is 19.5 Å². The second-order valence-corrected chi connectivity index (χ2v) is 3.37. The second kappa shape index (κ2) is 3.05. The van der Waals surface area contributed by atoms with Crippen molar-refractivity contribution in [3.8, 4) is 0 Å². The van der Waals surface area contributed by atoms with Gasteiger partial charge in [0.1, 0.15) is 5.41 Å². The maximum absolute atomic E-state index is 10.9. The Hall–Kier alpha value is -1.58. The van der Waals surface area contributed by atoms with Gasteiger partial charge in [-0.2, -0.15) is 0 Å². The van der Waals surface area contributed by atoms with Crippen LogP contribution in [-0.4, -0.2) is 16.1 Å². The Bertz CT molecular complexity index is 334. The molecule has 0 aromatic carbocycles. The van der Waals surface area contributed by atoms with Crippen molar-refractivity contribution in [1.82, 2.24) is 4.98 Å². The molecule has 0 saturated heterocycles. The van der Waals surface area contributed by atoms with Gasteiger partial charge in [-0.25, -0.2) is 0 Å².